The SMILES string of the molecule is O=C(Cc1c(F)cccc1F)NCc1cc(Br)ccc1F. The quantitative estimate of drug-likeness (QED) is 0.887. The highest BCUT2D eigenvalue weighted by Gasteiger charge is 2.13. The van der Waals surface area contributed by atoms with Crippen LogP contribution in [0.4, 0.5) is 13.2 Å². The third-order valence-corrected chi connectivity index (χ3v) is 3.38. The molecule has 2 nitrogen and oxygen atoms in total. The predicted molar refractivity (Wildman–Crippen MR) is 76.0 cm³/mol. The number of nitrogens with one attached hydrogen (secondary N) is 1. The molecule has 0 saturated carbocycles. The molecule has 0 aromatic heterocycles. The normalized spacial score (nSPS) is 10.5. The van der Waals surface area contributed by atoms with Crippen LogP contribution in [0.2, 0.25) is 0 Å². The molecule has 0 atom stereocenters. The van der Waals surface area contributed by atoms with Crippen molar-refractivity contribution < 1.29 is 18.0 Å². The average molecular weight is 358 g/mol. The molecule has 0 aliphatic heterocycles. The molecule has 0 fully saturated rings. The van der Waals surface area contributed by atoms with Crippen molar-refractivity contribution in [3.8, 4) is 0 Å². The van der Waals surface area contributed by atoms with Gasteiger partial charge >= 0.3 is 0 Å². The van der Waals surface area contributed by atoms with Crippen molar-refractivity contribution in [1.82, 2.24) is 5.32 Å². The van der Waals surface area contributed by atoms with E-state index in [2.05, 4.69) is 21.2 Å². The lowest BCUT2D eigenvalue weighted by Crippen LogP contribution is -2.25. The van der Waals surface area contributed by atoms with Crippen LogP contribution in [-0.2, 0) is 17.8 Å². The Hall–Kier alpha value is -1.82. The highest BCUT2D eigenvalue weighted by Crippen LogP contribution is 2.16. The third kappa shape index (κ3) is 4.07. The zero-order valence-electron chi connectivity index (χ0n) is 10.8. The zero-order valence-corrected chi connectivity index (χ0v) is 12.4. The van der Waals surface area contributed by atoms with Gasteiger partial charge in [0.1, 0.15) is 17.5 Å². The lowest BCUT2D eigenvalue weighted by Gasteiger charge is -2.08. The largest absolute Gasteiger partial charge is 0.352 e. The predicted octanol–water partition coefficient (Wildman–Crippen LogP) is 3.73. The van der Waals surface area contributed by atoms with Crippen LogP contribution in [0.5, 0.6) is 0 Å². The van der Waals surface area contributed by atoms with Crippen LogP contribution in [0, 0.1) is 17.5 Å². The van der Waals surface area contributed by atoms with Crippen molar-refractivity contribution in [1.29, 1.82) is 0 Å². The molecule has 1 N–H and O–H groups in total. The summed E-state index contributed by atoms with van der Waals surface area (Å²) in [6.07, 6.45) is -0.436. The standard InChI is InChI=1S/C15H11BrF3NO/c16-10-4-5-12(17)9(6-10)8-20-15(21)7-11-13(18)2-1-3-14(11)19/h1-6H,7-8H2,(H,20,21). The summed E-state index contributed by atoms with van der Waals surface area (Å²) in [7, 11) is 0. The number of hydrogen-bond donors (Lipinski definition) is 1. The molecule has 21 heavy (non-hydrogen) atoms. The fourth-order valence-corrected chi connectivity index (χ4v) is 2.21. The molecule has 0 heterocycles. The van der Waals surface area contributed by atoms with Crippen LogP contribution in [0.25, 0.3) is 0 Å². The maximum absolute atomic E-state index is 13.5. The Morgan fingerprint density at radius 3 is 2.38 bits per heavy atom. The van der Waals surface area contributed by atoms with Gasteiger partial charge in [-0.1, -0.05) is 22.0 Å². The summed E-state index contributed by atoms with van der Waals surface area (Å²) >= 11 is 3.20. The summed E-state index contributed by atoms with van der Waals surface area (Å²) in [6, 6.07) is 7.72. The van der Waals surface area contributed by atoms with Gasteiger partial charge in [-0.2, -0.15) is 0 Å². The van der Waals surface area contributed by atoms with Crippen molar-refractivity contribution in [2.75, 3.05) is 0 Å². The summed E-state index contributed by atoms with van der Waals surface area (Å²) in [5.41, 5.74) is -0.0172. The molecule has 0 bridgehead atoms. The summed E-state index contributed by atoms with van der Waals surface area (Å²) < 4.78 is 41.0. The van der Waals surface area contributed by atoms with E-state index in [9.17, 15) is 18.0 Å². The van der Waals surface area contributed by atoms with Crippen LogP contribution in [0.3, 0.4) is 0 Å². The molecular formula is C15H11BrF3NO. The van der Waals surface area contributed by atoms with Gasteiger partial charge in [0, 0.05) is 22.1 Å². The third-order valence-electron chi connectivity index (χ3n) is 2.88. The van der Waals surface area contributed by atoms with E-state index in [0.29, 0.717) is 4.47 Å². The summed E-state index contributed by atoms with van der Waals surface area (Å²) in [4.78, 5) is 11.7. The molecular weight excluding hydrogens is 347 g/mol. The second kappa shape index (κ2) is 6.76. The molecule has 2 rings (SSSR count). The average Bonchev–Trinajstić information content (AvgIpc) is 2.44. The van der Waals surface area contributed by atoms with Crippen molar-refractivity contribution in [2.45, 2.75) is 13.0 Å². The lowest BCUT2D eigenvalue weighted by atomic mass is 10.1. The molecule has 2 aromatic carbocycles. The first-order valence-corrected chi connectivity index (χ1v) is 6.90. The maximum Gasteiger partial charge on any atom is 0.224 e. The summed E-state index contributed by atoms with van der Waals surface area (Å²) in [6.45, 7) is -0.0554. The van der Waals surface area contributed by atoms with E-state index >= 15 is 0 Å². The van der Waals surface area contributed by atoms with Gasteiger partial charge in [0.2, 0.25) is 5.91 Å². The van der Waals surface area contributed by atoms with Crippen LogP contribution >= 0.6 is 15.9 Å². The minimum absolute atomic E-state index is 0.0554. The Kier molecular flexibility index (Phi) is 5.01. The molecule has 0 spiro atoms. The Labute approximate surface area is 128 Å². The molecule has 2 aromatic rings. The Morgan fingerprint density at radius 2 is 1.71 bits per heavy atom. The fraction of sp³-hybridized carbons (Fsp3) is 0.133. The first-order valence-electron chi connectivity index (χ1n) is 6.11. The zero-order chi connectivity index (χ0) is 15.4. The van der Waals surface area contributed by atoms with E-state index in [1.165, 1.54) is 24.3 Å². The molecule has 0 aliphatic carbocycles. The fourth-order valence-electron chi connectivity index (χ4n) is 1.80. The van der Waals surface area contributed by atoms with Gasteiger partial charge in [-0.25, -0.2) is 13.2 Å². The van der Waals surface area contributed by atoms with Gasteiger partial charge in [0.25, 0.3) is 0 Å². The maximum atomic E-state index is 13.5. The first-order chi connectivity index (χ1) is 9.97. The number of carbonyl (C=O) groups is 1. The van der Waals surface area contributed by atoms with E-state index in [4.69, 9.17) is 0 Å². The minimum Gasteiger partial charge on any atom is -0.352 e. The molecule has 0 saturated heterocycles. The number of benzene rings is 2. The molecule has 110 valence electrons. The molecule has 0 radical (unpaired) electrons. The smallest absolute Gasteiger partial charge is 0.224 e. The van der Waals surface area contributed by atoms with E-state index in [0.717, 1.165) is 12.1 Å². The highest BCUT2D eigenvalue weighted by molar-refractivity contribution is 9.10. The van der Waals surface area contributed by atoms with Crippen molar-refractivity contribution in [2.24, 2.45) is 0 Å². The first kappa shape index (κ1) is 15.6. The van der Waals surface area contributed by atoms with Gasteiger partial charge in [-0.15, -0.1) is 0 Å². The number of halogens is 4. The van der Waals surface area contributed by atoms with E-state index in [1.54, 1.807) is 0 Å². The van der Waals surface area contributed by atoms with Crippen molar-refractivity contribution in [3.63, 3.8) is 0 Å². The van der Waals surface area contributed by atoms with E-state index in [1.807, 2.05) is 0 Å². The molecule has 1 amide bonds. The van der Waals surface area contributed by atoms with Gasteiger partial charge in [-0.3, -0.25) is 4.79 Å². The van der Waals surface area contributed by atoms with Gasteiger partial charge in [0.05, 0.1) is 6.42 Å². The van der Waals surface area contributed by atoms with Crippen LogP contribution < -0.4 is 5.32 Å². The Morgan fingerprint density at radius 1 is 1.05 bits per heavy atom. The molecule has 0 unspecified atom stereocenters. The van der Waals surface area contributed by atoms with E-state index in [-0.39, 0.29) is 17.7 Å². The highest BCUT2D eigenvalue weighted by atomic mass is 79.9. The summed E-state index contributed by atoms with van der Waals surface area (Å²) in [5.74, 6) is -2.61. The number of hydrogen-bond acceptors (Lipinski definition) is 1. The molecule has 0 aliphatic rings. The minimum atomic E-state index is -0.779. The topological polar surface area (TPSA) is 29.1 Å². The number of rotatable bonds is 4. The Balaban J connectivity index is 2.01. The van der Waals surface area contributed by atoms with Crippen LogP contribution in [0.1, 0.15) is 11.1 Å². The summed E-state index contributed by atoms with van der Waals surface area (Å²) in [5, 5.41) is 2.44. The van der Waals surface area contributed by atoms with Gasteiger partial charge < -0.3 is 5.32 Å². The van der Waals surface area contributed by atoms with Gasteiger partial charge in [0.15, 0.2) is 0 Å². The van der Waals surface area contributed by atoms with Crippen molar-refractivity contribution in [3.05, 3.63) is 69.4 Å². The van der Waals surface area contributed by atoms with Crippen LogP contribution in [0.15, 0.2) is 40.9 Å². The monoisotopic (exact) mass is 357 g/mol. The Bertz CT molecular complexity index is 656. The number of amides is 1. The van der Waals surface area contributed by atoms with E-state index < -0.39 is 29.8 Å². The molecule has 6 heteroatoms. The van der Waals surface area contributed by atoms with Crippen molar-refractivity contribution >= 4 is 21.8 Å². The lowest BCUT2D eigenvalue weighted by molar-refractivity contribution is -0.120. The second-order valence-electron chi connectivity index (χ2n) is 4.39. The van der Waals surface area contributed by atoms with Gasteiger partial charge in [-0.05, 0) is 30.3 Å². The second-order valence-corrected chi connectivity index (χ2v) is 5.31. The number of carbonyl (C=O) groups excluding carboxylic acids is 1. The van der Waals surface area contributed by atoms with Crippen LogP contribution in [-0.4, -0.2) is 5.91 Å².